The number of nitrogens with one attached hydrogen (secondary N) is 2. The molecule has 0 aliphatic heterocycles. The summed E-state index contributed by atoms with van der Waals surface area (Å²) in [6.45, 7) is 14.0. The summed E-state index contributed by atoms with van der Waals surface area (Å²) < 4.78 is 100. The molecule has 19 heteroatoms. The van der Waals surface area contributed by atoms with Crippen molar-refractivity contribution in [2.45, 2.75) is 413 Å². The number of esters is 2. The van der Waals surface area contributed by atoms with E-state index in [1.165, 1.54) is 212 Å². The van der Waals surface area contributed by atoms with Gasteiger partial charge in [0.25, 0.3) is 0 Å². The van der Waals surface area contributed by atoms with Gasteiger partial charge in [-0.05, 0) is 52.7 Å². The number of unbranched alkanes of at least 4 members (excludes halogenated alkanes) is 42. The van der Waals surface area contributed by atoms with Crippen LogP contribution in [-0.2, 0) is 52.8 Å². The Morgan fingerprint density at radius 2 is 0.699 bits per heavy atom. The zero-order valence-corrected chi connectivity index (χ0v) is 64.7. The lowest BCUT2D eigenvalue weighted by molar-refractivity contribution is -0.151. The number of rotatable bonds is 76. The standard InChI is InChI=1S/C37H76BNO6PS2.C37H75NO6S/c1-4-7-10-13-15-17-19-21-24-27-32-48(41,42)39-35(34-44-47-46-38)33-43-31-30-36(28-25-22-12-9-6-3)45-37(40)29-26-23-20-18-16-14-11-8-5-2;1-4-7-10-13-15-17-19-21-24-27-32-45(41,42)38-35(33-39)34-43-31-30-36(28-25-22-12-9-6-3)44-37(40)29-26-23-20-18-16-14-11-8-5-2/h35-36,38-39,46H,4-34H2,1-3H3;35-36,38-39H,4-34H2,1-3H3/t35-,36-,46?;35-,36+/m10/s1/i38T,46D;. The van der Waals surface area contributed by atoms with E-state index in [2.05, 4.69) is 51.0 Å². The third kappa shape index (κ3) is 72.5. The van der Waals surface area contributed by atoms with Gasteiger partial charge in [0.05, 0.1) is 64.5 Å². The Morgan fingerprint density at radius 1 is 0.419 bits per heavy atom. The fourth-order valence-corrected chi connectivity index (χ4v) is 14.9. The molecule has 0 saturated carbocycles. The predicted molar refractivity (Wildman–Crippen MR) is 402 cm³/mol. The minimum atomic E-state index is -3.53. The van der Waals surface area contributed by atoms with Crippen LogP contribution in [-0.4, -0.2) is 119 Å². The van der Waals surface area contributed by atoms with E-state index in [9.17, 15) is 31.5 Å². The van der Waals surface area contributed by atoms with Crippen molar-refractivity contribution in [2.75, 3.05) is 51.1 Å². The van der Waals surface area contributed by atoms with E-state index in [1.54, 1.807) is 0 Å². The molecule has 0 heterocycles. The molecule has 0 saturated heterocycles. The highest BCUT2D eigenvalue weighted by Gasteiger charge is 2.22. The molecule has 5 atom stereocenters. The van der Waals surface area contributed by atoms with Crippen molar-refractivity contribution in [1.29, 1.82) is 2.61 Å². The van der Waals surface area contributed by atoms with Crippen molar-refractivity contribution in [3.8, 4) is 0 Å². The van der Waals surface area contributed by atoms with Gasteiger partial charge < -0.3 is 28.2 Å². The van der Waals surface area contributed by atoms with Gasteiger partial charge in [-0.25, -0.2) is 26.3 Å². The molecule has 0 aliphatic carbocycles. The molecule has 0 aromatic rings. The second-order valence-electron chi connectivity index (χ2n) is 26.8. The summed E-state index contributed by atoms with van der Waals surface area (Å²) in [5.41, 5.74) is 0. The number of hydrogen-bond donors (Lipinski definition) is 3. The van der Waals surface area contributed by atoms with E-state index in [0.29, 0.717) is 51.7 Å². The van der Waals surface area contributed by atoms with Crippen LogP contribution in [0.5, 0.6) is 0 Å². The molecule has 0 aromatic carbocycles. The lowest BCUT2D eigenvalue weighted by Crippen LogP contribution is -2.42. The molecule has 555 valence electrons. The average Bonchev–Trinajstić information content (AvgIpc) is 1.73. The van der Waals surface area contributed by atoms with Crippen LogP contribution >= 0.6 is 19.3 Å². The van der Waals surface area contributed by atoms with Gasteiger partial charge in [-0.1, -0.05) is 319 Å². The van der Waals surface area contributed by atoms with Crippen LogP contribution in [0.3, 0.4) is 0 Å². The van der Waals surface area contributed by atoms with Gasteiger partial charge in [0.15, 0.2) is 0 Å². The number of aliphatic hydroxyl groups is 1. The molecule has 1 unspecified atom stereocenters. The van der Waals surface area contributed by atoms with Crippen molar-refractivity contribution >= 4 is 58.8 Å². The number of sulfonamides is 2. The SMILES string of the molecule is CCCCCCCCCCCCS(=O)(=O)N[C@@H](CO)COCC[C@@H](CCCCCCC)OC(=O)CCCCCCCCCCC.[2H]P([B][3H])SOC[C@@H](COCC[C@@H](CCCCCCC)OC(=O)CCCCCCCCCCC)NS(=O)(=O)CCCCCCCCCCCC. The van der Waals surface area contributed by atoms with E-state index < -0.39 is 39.7 Å². The molecular formula is C74H151BN2O12PS3. The third-order valence-corrected chi connectivity index (χ3v) is 21.4. The molecule has 0 bridgehead atoms. The molecule has 0 aromatic heterocycles. The van der Waals surface area contributed by atoms with E-state index >= 15 is 0 Å². The zero-order valence-electron chi connectivity index (χ0n) is 63.3. The van der Waals surface area contributed by atoms with Crippen molar-refractivity contribution < 1.29 is 54.7 Å². The minimum absolute atomic E-state index is 0.0437. The van der Waals surface area contributed by atoms with E-state index in [0.717, 1.165) is 116 Å². The zero-order chi connectivity index (χ0) is 70.2. The number of hydrogen-bond acceptors (Lipinski definition) is 13. The van der Waals surface area contributed by atoms with Gasteiger partial charge in [0.1, 0.15) is 19.7 Å². The van der Waals surface area contributed by atoms with Crippen LogP contribution in [0.15, 0.2) is 0 Å². The Hall–Kier alpha value is -0.555. The van der Waals surface area contributed by atoms with Crippen LogP contribution in [0.1, 0.15) is 388 Å². The van der Waals surface area contributed by atoms with Crippen molar-refractivity contribution in [2.24, 2.45) is 0 Å². The van der Waals surface area contributed by atoms with Crippen molar-refractivity contribution in [3.05, 3.63) is 0 Å². The highest BCUT2D eigenvalue weighted by molar-refractivity contribution is 8.53. The van der Waals surface area contributed by atoms with E-state index in [-0.39, 0.29) is 62.1 Å². The summed E-state index contributed by atoms with van der Waals surface area (Å²) in [6.07, 6.45) is 59.5. The Labute approximate surface area is 585 Å². The molecule has 0 fully saturated rings. The summed E-state index contributed by atoms with van der Waals surface area (Å²) in [4.78, 5) is 25.3. The van der Waals surface area contributed by atoms with Crippen LogP contribution in [0.4, 0.5) is 0 Å². The van der Waals surface area contributed by atoms with Gasteiger partial charge in [-0.2, -0.15) is 0 Å². The van der Waals surface area contributed by atoms with Crippen LogP contribution in [0.2, 0.25) is 0 Å². The quantitative estimate of drug-likeness (QED) is 0.0171. The number of aliphatic hydroxyl groups excluding tert-OH is 1. The van der Waals surface area contributed by atoms with Crippen LogP contribution in [0.25, 0.3) is 0 Å². The summed E-state index contributed by atoms with van der Waals surface area (Å²) in [6, 6.07) is -1.27. The molecule has 3 N–H and O–H groups in total. The largest absolute Gasteiger partial charge is 0.462 e. The fraction of sp³-hybridized carbons (Fsp3) is 0.973. The highest BCUT2D eigenvalue weighted by Crippen LogP contribution is 2.25. The second kappa shape index (κ2) is 74.1. The normalized spacial score (nSPS) is 13.8. The number of carbonyl (C=O) groups is 2. The molecule has 14 nitrogen and oxygen atoms in total. The smallest absolute Gasteiger partial charge is 0.306 e. The van der Waals surface area contributed by atoms with Crippen molar-refractivity contribution in [1.82, 2.24) is 9.44 Å². The first-order valence-electron chi connectivity index (χ1n) is 40.1. The van der Waals surface area contributed by atoms with Gasteiger partial charge in [-0.15, -0.1) is 0 Å². The maximum atomic E-state index is 12.9. The van der Waals surface area contributed by atoms with Crippen molar-refractivity contribution in [3.63, 3.8) is 0 Å². The van der Waals surface area contributed by atoms with Gasteiger partial charge in [-0.3, -0.25) is 9.59 Å². The molecule has 0 spiro atoms. The predicted octanol–water partition coefficient (Wildman–Crippen LogP) is 20.7. The third-order valence-electron chi connectivity index (χ3n) is 17.4. The first kappa shape index (κ1) is 90.5. The van der Waals surface area contributed by atoms with Crippen LogP contribution < -0.4 is 9.44 Å². The Kier molecular flexibility index (Phi) is 72.1. The summed E-state index contributed by atoms with van der Waals surface area (Å²) >= 11 is 0.886. The first-order valence-corrected chi connectivity index (χ1v) is 44.7. The average molecular weight is 1400 g/mol. The summed E-state index contributed by atoms with van der Waals surface area (Å²) in [5, 5.41) is 9.76. The fourth-order valence-electron chi connectivity index (χ4n) is 11.6. The van der Waals surface area contributed by atoms with E-state index in [1.807, 2.05) is 0 Å². The maximum absolute atomic E-state index is 12.9. The Balaban J connectivity index is 0. The minimum Gasteiger partial charge on any atom is -0.462 e. The van der Waals surface area contributed by atoms with Crippen LogP contribution in [0, 0.1) is 0 Å². The van der Waals surface area contributed by atoms with E-state index in [4.69, 9.17) is 25.7 Å². The molecular weight excluding hydrogens is 1250 g/mol. The molecule has 1 radical (unpaired) electrons. The van der Waals surface area contributed by atoms with Gasteiger partial charge in [0, 0.05) is 37.3 Å². The molecule has 0 aliphatic rings. The lowest BCUT2D eigenvalue weighted by Gasteiger charge is -2.21. The Morgan fingerprint density at radius 3 is 1.01 bits per heavy atom. The summed E-state index contributed by atoms with van der Waals surface area (Å²) in [7, 11) is -7.47. The topological polar surface area (TPSA) is 193 Å². The van der Waals surface area contributed by atoms with Gasteiger partial charge >= 0.3 is 11.9 Å². The Bertz CT molecular complexity index is 1840. The number of carbonyl (C=O) groups excluding carboxylic acids is 2. The lowest BCUT2D eigenvalue weighted by atomic mass is 10.1. The summed E-state index contributed by atoms with van der Waals surface area (Å²) in [5.74, 6) is -0.111. The maximum Gasteiger partial charge on any atom is 0.306 e. The second-order valence-corrected chi connectivity index (χ2v) is 32.2. The number of ether oxygens (including phenoxy) is 4. The molecule has 0 rings (SSSR count). The van der Waals surface area contributed by atoms with Gasteiger partial charge in [0.2, 0.25) is 20.0 Å². The highest BCUT2D eigenvalue weighted by atomic mass is 32.7. The first-order chi connectivity index (χ1) is 46.2. The molecule has 0 amide bonds. The molecule has 93 heavy (non-hydrogen) atoms. The monoisotopic (exact) mass is 1400 g/mol.